The first-order valence-electron chi connectivity index (χ1n) is 10.3. The smallest absolute Gasteiger partial charge is 0.205 e. The van der Waals surface area contributed by atoms with Crippen LogP contribution >= 0.6 is 23.7 Å². The molecule has 1 fully saturated rings. The van der Waals surface area contributed by atoms with E-state index in [1.807, 2.05) is 24.3 Å². The molecule has 0 bridgehead atoms. The number of likely N-dealkylation sites (tertiary alicyclic amines) is 1. The maximum atomic E-state index is 13.4. The number of hydrogen-bond donors (Lipinski definition) is 2. The third kappa shape index (κ3) is 4.01. The van der Waals surface area contributed by atoms with Gasteiger partial charge in [0.05, 0.1) is 21.2 Å². The number of phenols is 1. The van der Waals surface area contributed by atoms with Crippen LogP contribution in [0.1, 0.15) is 31.2 Å². The van der Waals surface area contributed by atoms with E-state index < -0.39 is 0 Å². The summed E-state index contributed by atoms with van der Waals surface area (Å²) in [5, 5.41) is 11.5. The minimum atomic E-state index is -0.218. The van der Waals surface area contributed by atoms with Crippen LogP contribution in [0.25, 0.3) is 31.8 Å². The van der Waals surface area contributed by atoms with Gasteiger partial charge >= 0.3 is 0 Å². The molecule has 0 aliphatic carbocycles. The number of aromatic hydroxyl groups is 1. The Morgan fingerprint density at radius 1 is 1.10 bits per heavy atom. The van der Waals surface area contributed by atoms with E-state index in [9.17, 15) is 9.90 Å². The van der Waals surface area contributed by atoms with Gasteiger partial charge in [0.25, 0.3) is 0 Å². The number of thiazole rings is 1. The highest BCUT2D eigenvalue weighted by molar-refractivity contribution is 7.21. The van der Waals surface area contributed by atoms with E-state index in [1.165, 1.54) is 24.2 Å². The summed E-state index contributed by atoms with van der Waals surface area (Å²) in [6.07, 6.45) is 4.73. The Morgan fingerprint density at radius 3 is 2.58 bits per heavy atom. The number of para-hydroxylation sites is 1. The summed E-state index contributed by atoms with van der Waals surface area (Å²) >= 11 is 1.42. The number of halogens is 1. The summed E-state index contributed by atoms with van der Waals surface area (Å²) < 4.78 is 6.95. The fourth-order valence-electron chi connectivity index (χ4n) is 4.17. The predicted molar refractivity (Wildman–Crippen MR) is 128 cm³/mol. The van der Waals surface area contributed by atoms with Crippen molar-refractivity contribution in [3.8, 4) is 16.3 Å². The molecule has 5 rings (SSSR count). The molecule has 1 aliphatic heterocycles. The summed E-state index contributed by atoms with van der Waals surface area (Å²) in [5.41, 5.74) is 8.10. The van der Waals surface area contributed by atoms with Crippen LogP contribution in [0.3, 0.4) is 0 Å². The highest BCUT2D eigenvalue weighted by atomic mass is 35.5. The van der Waals surface area contributed by atoms with Crippen molar-refractivity contribution in [2.75, 3.05) is 18.8 Å². The molecule has 31 heavy (non-hydrogen) atoms. The van der Waals surface area contributed by atoms with Crippen molar-refractivity contribution < 1.29 is 9.52 Å². The second-order valence-electron chi connectivity index (χ2n) is 7.79. The number of phenolic OH excluding ortho intramolecular Hbond substituents is 1. The fourth-order valence-corrected chi connectivity index (χ4v) is 5.19. The molecule has 1 aliphatic rings. The molecule has 0 saturated carbocycles. The first-order chi connectivity index (χ1) is 14.6. The maximum absolute atomic E-state index is 13.4. The molecule has 2 aromatic carbocycles. The number of nitrogens with zero attached hydrogens (tertiary/aromatic N) is 2. The van der Waals surface area contributed by atoms with E-state index in [0.717, 1.165) is 36.1 Å². The monoisotopic (exact) mass is 457 g/mol. The molecule has 3 N–H and O–H groups in total. The van der Waals surface area contributed by atoms with Crippen LogP contribution in [0.4, 0.5) is 5.88 Å². The molecule has 0 atom stereocenters. The van der Waals surface area contributed by atoms with Gasteiger partial charge in [0.1, 0.15) is 21.9 Å². The van der Waals surface area contributed by atoms with Crippen LogP contribution in [0.5, 0.6) is 5.75 Å². The zero-order valence-electron chi connectivity index (χ0n) is 17.0. The first-order valence-corrected chi connectivity index (χ1v) is 11.1. The lowest BCUT2D eigenvalue weighted by atomic mass is 10.1. The van der Waals surface area contributed by atoms with Crippen LogP contribution in [0, 0.1) is 0 Å². The molecule has 162 valence electrons. The highest BCUT2D eigenvalue weighted by Crippen LogP contribution is 2.35. The Bertz CT molecular complexity index is 1260. The third-order valence-electron chi connectivity index (χ3n) is 5.75. The van der Waals surface area contributed by atoms with Crippen molar-refractivity contribution in [2.24, 2.45) is 0 Å². The lowest BCUT2D eigenvalue weighted by Crippen LogP contribution is -2.24. The van der Waals surface area contributed by atoms with E-state index in [0.29, 0.717) is 28.1 Å². The normalized spacial score (nSPS) is 15.1. The number of hydrogen-bond acceptors (Lipinski definition) is 7. The lowest BCUT2D eigenvalue weighted by Gasteiger charge is -2.21. The molecular formula is C23H24ClN3O3S. The minimum absolute atomic E-state index is 0. The Kier molecular flexibility index (Phi) is 6.18. The van der Waals surface area contributed by atoms with Crippen molar-refractivity contribution in [1.29, 1.82) is 0 Å². The molecule has 4 aromatic rings. The average Bonchev–Trinajstić information content (AvgIpc) is 2.98. The second-order valence-corrected chi connectivity index (χ2v) is 8.82. The summed E-state index contributed by atoms with van der Waals surface area (Å²) in [6.45, 7) is 2.48. The van der Waals surface area contributed by atoms with Gasteiger partial charge in [-0.05, 0) is 50.2 Å². The van der Waals surface area contributed by atoms with Crippen molar-refractivity contribution >= 4 is 50.8 Å². The quantitative estimate of drug-likeness (QED) is 0.441. The molecule has 0 unspecified atom stereocenters. The SMILES string of the molecule is Cl.Nc1oc2c(CN3CCCCCC3)c(O)ccc2c(=O)c1-c1nc2ccccc2s1. The van der Waals surface area contributed by atoms with Crippen LogP contribution in [-0.2, 0) is 6.54 Å². The molecule has 0 spiro atoms. The fraction of sp³-hybridized carbons (Fsp3) is 0.304. The van der Waals surface area contributed by atoms with Gasteiger partial charge in [-0.25, -0.2) is 4.98 Å². The number of aromatic nitrogens is 1. The Balaban J connectivity index is 0.00000231. The minimum Gasteiger partial charge on any atom is -0.507 e. The van der Waals surface area contributed by atoms with Crippen molar-refractivity contribution in [2.45, 2.75) is 32.2 Å². The van der Waals surface area contributed by atoms with Gasteiger partial charge in [0, 0.05) is 6.54 Å². The molecule has 0 amide bonds. The first kappa shape index (κ1) is 21.6. The molecule has 1 saturated heterocycles. The van der Waals surface area contributed by atoms with Crippen molar-refractivity contribution in [1.82, 2.24) is 9.88 Å². The standard InChI is InChI=1S/C23H23N3O3S.ClH/c24-22-19(23-25-16-7-3-4-8-18(16)30-23)20(28)14-9-10-17(27)15(21(14)29-22)13-26-11-5-1-2-6-12-26;/h3-4,7-10,27H,1-2,5-6,11-13,24H2;1H. The number of rotatable bonds is 3. The predicted octanol–water partition coefficient (Wildman–Crippen LogP) is 5.16. The Labute approximate surface area is 189 Å². The number of benzene rings is 2. The van der Waals surface area contributed by atoms with Crippen molar-refractivity contribution in [3.05, 3.63) is 52.2 Å². The van der Waals surface area contributed by atoms with Gasteiger partial charge in [-0.1, -0.05) is 25.0 Å². The molecule has 0 radical (unpaired) electrons. The molecular weight excluding hydrogens is 434 g/mol. The summed E-state index contributed by atoms with van der Waals surface area (Å²) in [6, 6.07) is 10.9. The van der Waals surface area contributed by atoms with Crippen LogP contribution in [0.2, 0.25) is 0 Å². The van der Waals surface area contributed by atoms with Gasteiger partial charge in [-0.15, -0.1) is 23.7 Å². The topological polar surface area (TPSA) is 92.6 Å². The number of fused-ring (bicyclic) bond motifs is 2. The number of anilines is 1. The Morgan fingerprint density at radius 2 is 1.84 bits per heavy atom. The van der Waals surface area contributed by atoms with Gasteiger partial charge in [0.2, 0.25) is 11.3 Å². The lowest BCUT2D eigenvalue weighted by molar-refractivity contribution is 0.272. The third-order valence-corrected chi connectivity index (χ3v) is 6.81. The van der Waals surface area contributed by atoms with Gasteiger partial charge in [-0.3, -0.25) is 9.69 Å². The van der Waals surface area contributed by atoms with E-state index in [4.69, 9.17) is 10.2 Å². The maximum Gasteiger partial charge on any atom is 0.205 e. The summed E-state index contributed by atoms with van der Waals surface area (Å²) in [4.78, 5) is 20.2. The van der Waals surface area contributed by atoms with E-state index >= 15 is 0 Å². The zero-order valence-corrected chi connectivity index (χ0v) is 18.6. The van der Waals surface area contributed by atoms with E-state index in [-0.39, 0.29) is 35.0 Å². The van der Waals surface area contributed by atoms with E-state index in [2.05, 4.69) is 9.88 Å². The zero-order chi connectivity index (χ0) is 20.7. The van der Waals surface area contributed by atoms with Crippen molar-refractivity contribution in [3.63, 3.8) is 0 Å². The van der Waals surface area contributed by atoms with Gasteiger partial charge < -0.3 is 15.3 Å². The highest BCUT2D eigenvalue weighted by Gasteiger charge is 2.22. The summed E-state index contributed by atoms with van der Waals surface area (Å²) in [7, 11) is 0. The van der Waals surface area contributed by atoms with Crippen LogP contribution in [0.15, 0.2) is 45.6 Å². The molecule has 2 aromatic heterocycles. The van der Waals surface area contributed by atoms with E-state index in [1.54, 1.807) is 12.1 Å². The Hall–Kier alpha value is -2.61. The number of nitrogen functional groups attached to an aromatic ring is 1. The molecule has 8 heteroatoms. The molecule has 3 heterocycles. The average molecular weight is 458 g/mol. The molecule has 6 nitrogen and oxygen atoms in total. The summed E-state index contributed by atoms with van der Waals surface area (Å²) in [5.74, 6) is 0.163. The van der Waals surface area contributed by atoms with Gasteiger partial charge in [-0.2, -0.15) is 0 Å². The largest absolute Gasteiger partial charge is 0.507 e. The van der Waals surface area contributed by atoms with Crippen LogP contribution in [-0.4, -0.2) is 28.1 Å². The van der Waals surface area contributed by atoms with Gasteiger partial charge in [0.15, 0.2) is 0 Å². The number of nitrogens with two attached hydrogens (primary N) is 1. The van der Waals surface area contributed by atoms with Crippen LogP contribution < -0.4 is 11.2 Å². The second kappa shape index (κ2) is 8.86.